The van der Waals surface area contributed by atoms with Crippen LogP contribution in [-0.2, 0) is 11.3 Å². The van der Waals surface area contributed by atoms with Crippen LogP contribution in [0.25, 0.3) is 0 Å². The number of hydrogen-bond donors (Lipinski definition) is 1. The van der Waals surface area contributed by atoms with Gasteiger partial charge in [-0.1, -0.05) is 30.3 Å². The minimum absolute atomic E-state index is 0. The Morgan fingerprint density at radius 3 is 2.14 bits per heavy atom. The van der Waals surface area contributed by atoms with Crippen LogP contribution in [0.4, 0.5) is 0 Å². The van der Waals surface area contributed by atoms with Gasteiger partial charge in [0.25, 0.3) is 0 Å². The molecule has 1 aliphatic carbocycles. The van der Waals surface area contributed by atoms with Crippen LogP contribution in [-0.4, -0.2) is 47.4 Å². The lowest BCUT2D eigenvalue weighted by Crippen LogP contribution is -2.62. The van der Waals surface area contributed by atoms with Crippen molar-refractivity contribution in [3.8, 4) is 0 Å². The number of amides is 1. The average Bonchev–Trinajstić information content (AvgIpc) is 2.46. The zero-order chi connectivity index (χ0) is 14.0. The molecule has 4 nitrogen and oxygen atoms in total. The maximum Gasteiger partial charge on any atom is 0.242 e. The van der Waals surface area contributed by atoms with Gasteiger partial charge in [-0.05, 0) is 24.8 Å². The van der Waals surface area contributed by atoms with E-state index in [0.717, 1.165) is 52.0 Å². The molecule has 0 aromatic heterocycles. The number of halogens is 2. The largest absolute Gasteiger partial charge is 0.339 e. The monoisotopic (exact) mass is 345 g/mol. The van der Waals surface area contributed by atoms with E-state index in [-0.39, 0.29) is 30.7 Å². The van der Waals surface area contributed by atoms with E-state index in [1.54, 1.807) is 0 Å². The highest BCUT2D eigenvalue weighted by Crippen LogP contribution is 2.31. The Morgan fingerprint density at radius 2 is 1.64 bits per heavy atom. The quantitative estimate of drug-likeness (QED) is 0.911. The Balaban J connectivity index is 0.00000121. The summed E-state index contributed by atoms with van der Waals surface area (Å²) in [5.41, 5.74) is 6.93. The van der Waals surface area contributed by atoms with E-state index in [9.17, 15) is 4.79 Å². The second-order valence-corrected chi connectivity index (χ2v) is 6.06. The SMILES string of the molecule is Cl.Cl.NC1(C(=O)N2CCN(Cc3ccccc3)CC2)CCC1. The Kier molecular flexibility index (Phi) is 7.13. The van der Waals surface area contributed by atoms with Crippen LogP contribution in [0.5, 0.6) is 0 Å². The molecule has 6 heteroatoms. The molecule has 1 amide bonds. The number of rotatable bonds is 3. The van der Waals surface area contributed by atoms with Crippen molar-refractivity contribution in [3.63, 3.8) is 0 Å². The predicted octanol–water partition coefficient (Wildman–Crippen LogP) is 2.06. The molecule has 1 aliphatic heterocycles. The molecule has 22 heavy (non-hydrogen) atoms. The molecule has 0 bridgehead atoms. The van der Waals surface area contributed by atoms with Gasteiger partial charge in [0, 0.05) is 32.7 Å². The van der Waals surface area contributed by atoms with Crippen molar-refractivity contribution in [2.75, 3.05) is 26.2 Å². The van der Waals surface area contributed by atoms with Crippen molar-refractivity contribution in [3.05, 3.63) is 35.9 Å². The van der Waals surface area contributed by atoms with Gasteiger partial charge in [-0.25, -0.2) is 0 Å². The number of benzene rings is 1. The van der Waals surface area contributed by atoms with E-state index >= 15 is 0 Å². The van der Waals surface area contributed by atoms with Crippen molar-refractivity contribution >= 4 is 30.7 Å². The lowest BCUT2D eigenvalue weighted by molar-refractivity contribution is -0.142. The van der Waals surface area contributed by atoms with Gasteiger partial charge in [0.15, 0.2) is 0 Å². The number of piperazine rings is 1. The second kappa shape index (κ2) is 8.16. The first-order valence-electron chi connectivity index (χ1n) is 7.52. The van der Waals surface area contributed by atoms with Crippen LogP contribution in [0.1, 0.15) is 24.8 Å². The first-order valence-corrected chi connectivity index (χ1v) is 7.52. The van der Waals surface area contributed by atoms with Crippen LogP contribution in [0.2, 0.25) is 0 Å². The molecular weight excluding hydrogens is 321 g/mol. The first-order chi connectivity index (χ1) is 9.67. The summed E-state index contributed by atoms with van der Waals surface area (Å²) in [6.07, 6.45) is 2.81. The van der Waals surface area contributed by atoms with Crippen LogP contribution >= 0.6 is 24.8 Å². The van der Waals surface area contributed by atoms with E-state index in [0.29, 0.717) is 0 Å². The van der Waals surface area contributed by atoms with Gasteiger partial charge in [-0.2, -0.15) is 0 Å². The van der Waals surface area contributed by atoms with E-state index in [4.69, 9.17) is 5.73 Å². The maximum atomic E-state index is 12.3. The fourth-order valence-corrected chi connectivity index (χ4v) is 3.04. The number of carbonyl (C=O) groups is 1. The molecule has 2 N–H and O–H groups in total. The first kappa shape index (κ1) is 19.2. The zero-order valence-corrected chi connectivity index (χ0v) is 14.4. The molecule has 3 rings (SSSR count). The molecule has 2 fully saturated rings. The Labute approximate surface area is 144 Å². The summed E-state index contributed by atoms with van der Waals surface area (Å²) >= 11 is 0. The minimum Gasteiger partial charge on any atom is -0.339 e. The average molecular weight is 346 g/mol. The number of hydrogen-bond acceptors (Lipinski definition) is 3. The standard InChI is InChI=1S/C16H23N3O.2ClH/c17-16(7-4-8-16)15(20)19-11-9-18(10-12-19)13-14-5-2-1-3-6-14;;/h1-3,5-6H,4,7-13,17H2;2*1H. The summed E-state index contributed by atoms with van der Waals surface area (Å²) in [7, 11) is 0. The third-order valence-electron chi connectivity index (χ3n) is 4.58. The van der Waals surface area contributed by atoms with Gasteiger partial charge in [0.1, 0.15) is 0 Å². The molecule has 1 heterocycles. The summed E-state index contributed by atoms with van der Waals surface area (Å²) in [5.74, 6) is 0.170. The Morgan fingerprint density at radius 1 is 1.05 bits per heavy atom. The van der Waals surface area contributed by atoms with Crippen LogP contribution in [0, 0.1) is 0 Å². The summed E-state index contributed by atoms with van der Waals surface area (Å²) in [4.78, 5) is 16.7. The molecule has 124 valence electrons. The third kappa shape index (κ3) is 4.13. The van der Waals surface area contributed by atoms with E-state index in [1.807, 2.05) is 11.0 Å². The number of carbonyl (C=O) groups excluding carboxylic acids is 1. The number of nitrogens with zero attached hydrogens (tertiary/aromatic N) is 2. The van der Waals surface area contributed by atoms with Gasteiger partial charge in [-0.15, -0.1) is 24.8 Å². The summed E-state index contributed by atoms with van der Waals surface area (Å²) < 4.78 is 0. The highest BCUT2D eigenvalue weighted by Gasteiger charge is 2.43. The van der Waals surface area contributed by atoms with Crippen LogP contribution in [0.15, 0.2) is 30.3 Å². The van der Waals surface area contributed by atoms with Crippen molar-refractivity contribution in [2.24, 2.45) is 5.73 Å². The van der Waals surface area contributed by atoms with E-state index in [2.05, 4.69) is 29.2 Å². The van der Waals surface area contributed by atoms with Crippen molar-refractivity contribution in [1.82, 2.24) is 9.80 Å². The van der Waals surface area contributed by atoms with E-state index < -0.39 is 5.54 Å². The highest BCUT2D eigenvalue weighted by molar-refractivity contribution is 5.87. The molecule has 0 atom stereocenters. The molecule has 2 aliphatic rings. The lowest BCUT2D eigenvalue weighted by Gasteiger charge is -2.43. The van der Waals surface area contributed by atoms with Gasteiger partial charge >= 0.3 is 0 Å². The predicted molar refractivity (Wildman–Crippen MR) is 93.6 cm³/mol. The molecular formula is C16H25Cl2N3O. The fraction of sp³-hybridized carbons (Fsp3) is 0.562. The zero-order valence-electron chi connectivity index (χ0n) is 12.7. The third-order valence-corrected chi connectivity index (χ3v) is 4.58. The summed E-state index contributed by atoms with van der Waals surface area (Å²) in [6, 6.07) is 10.5. The normalized spacial score (nSPS) is 20.3. The van der Waals surface area contributed by atoms with Crippen LogP contribution < -0.4 is 5.73 Å². The maximum absolute atomic E-state index is 12.3. The molecule has 1 saturated heterocycles. The van der Waals surface area contributed by atoms with Gasteiger partial charge in [-0.3, -0.25) is 9.69 Å². The van der Waals surface area contributed by atoms with Gasteiger partial charge < -0.3 is 10.6 Å². The van der Waals surface area contributed by atoms with Crippen molar-refractivity contribution < 1.29 is 4.79 Å². The molecule has 1 saturated carbocycles. The minimum atomic E-state index is -0.540. The molecule has 1 aromatic carbocycles. The molecule has 0 spiro atoms. The summed E-state index contributed by atoms with van der Waals surface area (Å²) in [6.45, 7) is 4.47. The summed E-state index contributed by atoms with van der Waals surface area (Å²) in [5, 5.41) is 0. The molecule has 0 unspecified atom stereocenters. The van der Waals surface area contributed by atoms with Gasteiger partial charge in [0.05, 0.1) is 5.54 Å². The highest BCUT2D eigenvalue weighted by atomic mass is 35.5. The van der Waals surface area contributed by atoms with Crippen LogP contribution in [0.3, 0.4) is 0 Å². The fourth-order valence-electron chi connectivity index (χ4n) is 3.04. The molecule has 1 aromatic rings. The lowest BCUT2D eigenvalue weighted by atomic mass is 9.76. The smallest absolute Gasteiger partial charge is 0.242 e. The Hall–Kier alpha value is -0.810. The second-order valence-electron chi connectivity index (χ2n) is 6.06. The topological polar surface area (TPSA) is 49.6 Å². The Bertz CT molecular complexity index is 472. The van der Waals surface area contributed by atoms with Gasteiger partial charge in [0.2, 0.25) is 5.91 Å². The molecule has 0 radical (unpaired) electrons. The number of nitrogens with two attached hydrogens (primary N) is 1. The van der Waals surface area contributed by atoms with Crippen molar-refractivity contribution in [2.45, 2.75) is 31.3 Å². The van der Waals surface area contributed by atoms with Crippen molar-refractivity contribution in [1.29, 1.82) is 0 Å². The van der Waals surface area contributed by atoms with E-state index in [1.165, 1.54) is 5.56 Å².